The van der Waals surface area contributed by atoms with Crippen LogP contribution in [0.4, 0.5) is 22.0 Å². The zero-order valence-corrected chi connectivity index (χ0v) is 10.2. The van der Waals surface area contributed by atoms with E-state index in [2.05, 4.69) is 0 Å². The van der Waals surface area contributed by atoms with Gasteiger partial charge < -0.3 is 0 Å². The van der Waals surface area contributed by atoms with Gasteiger partial charge in [0.25, 0.3) is 0 Å². The summed E-state index contributed by atoms with van der Waals surface area (Å²) in [5.41, 5.74) is 0. The minimum absolute atomic E-state index is 0.0349. The van der Waals surface area contributed by atoms with Gasteiger partial charge in [-0.1, -0.05) is 6.42 Å². The average molecular weight is 270 g/mol. The van der Waals surface area contributed by atoms with Crippen molar-refractivity contribution in [2.24, 2.45) is 17.8 Å². The molecule has 2 saturated carbocycles. The van der Waals surface area contributed by atoms with Crippen molar-refractivity contribution in [1.29, 1.82) is 0 Å². The first kappa shape index (κ1) is 14.1. The van der Waals surface area contributed by atoms with Gasteiger partial charge in [-0.25, -0.2) is 22.0 Å². The van der Waals surface area contributed by atoms with Crippen LogP contribution >= 0.6 is 0 Å². The Morgan fingerprint density at radius 1 is 0.778 bits per heavy atom. The van der Waals surface area contributed by atoms with Crippen LogP contribution in [0.15, 0.2) is 0 Å². The van der Waals surface area contributed by atoms with Gasteiger partial charge in [0, 0.05) is 0 Å². The highest BCUT2D eigenvalue weighted by atomic mass is 19.3. The molecule has 2 aliphatic rings. The highest BCUT2D eigenvalue weighted by Crippen LogP contribution is 2.44. The number of hydrogen-bond donors (Lipinski definition) is 0. The number of hydrogen-bond acceptors (Lipinski definition) is 0. The summed E-state index contributed by atoms with van der Waals surface area (Å²) in [7, 11) is 0. The molecule has 0 amide bonds. The van der Waals surface area contributed by atoms with E-state index < -0.39 is 30.9 Å². The maximum Gasteiger partial charge on any atom is 0.247 e. The summed E-state index contributed by atoms with van der Waals surface area (Å²) >= 11 is 0. The predicted molar refractivity (Wildman–Crippen MR) is 58.9 cm³/mol. The van der Waals surface area contributed by atoms with Crippen molar-refractivity contribution in [3.05, 3.63) is 0 Å². The molecule has 0 aromatic heterocycles. The zero-order valence-electron chi connectivity index (χ0n) is 10.2. The number of rotatable bonds is 2. The van der Waals surface area contributed by atoms with Gasteiger partial charge in [-0.3, -0.25) is 0 Å². The Hall–Kier alpha value is -0.350. The largest absolute Gasteiger partial charge is 0.247 e. The Kier molecular flexibility index (Phi) is 4.49. The molecule has 2 aliphatic carbocycles. The molecule has 5 heteroatoms. The SMILES string of the molecule is FC1CCCC(C2CC(F)C(C(F)F)C(F)C2)C1. The van der Waals surface area contributed by atoms with E-state index in [9.17, 15) is 22.0 Å². The quantitative estimate of drug-likeness (QED) is 0.649. The summed E-state index contributed by atoms with van der Waals surface area (Å²) in [5.74, 6) is -2.10. The maximum atomic E-state index is 13.6. The molecule has 0 bridgehead atoms. The van der Waals surface area contributed by atoms with Crippen LogP contribution < -0.4 is 0 Å². The van der Waals surface area contributed by atoms with E-state index in [1.807, 2.05) is 0 Å². The standard InChI is InChI=1S/C13H19F5/c14-9-3-1-2-7(4-9)8-5-10(15)12(13(17)18)11(16)6-8/h7-13H,1-6H2. The number of alkyl halides is 5. The lowest BCUT2D eigenvalue weighted by Gasteiger charge is -2.39. The third kappa shape index (κ3) is 2.97. The molecule has 0 heterocycles. The van der Waals surface area contributed by atoms with Gasteiger partial charge in [0.05, 0.1) is 5.92 Å². The van der Waals surface area contributed by atoms with Crippen molar-refractivity contribution in [1.82, 2.24) is 0 Å². The molecule has 0 N–H and O–H groups in total. The van der Waals surface area contributed by atoms with Crippen LogP contribution in [0.3, 0.4) is 0 Å². The van der Waals surface area contributed by atoms with Crippen LogP contribution in [-0.2, 0) is 0 Å². The molecule has 4 unspecified atom stereocenters. The van der Waals surface area contributed by atoms with Crippen molar-refractivity contribution in [2.75, 3.05) is 0 Å². The van der Waals surface area contributed by atoms with Gasteiger partial charge in [0.15, 0.2) is 0 Å². The van der Waals surface area contributed by atoms with Gasteiger partial charge in [-0.2, -0.15) is 0 Å². The highest BCUT2D eigenvalue weighted by Gasteiger charge is 2.46. The van der Waals surface area contributed by atoms with Gasteiger partial charge in [-0.05, 0) is 43.9 Å². The van der Waals surface area contributed by atoms with Crippen LogP contribution in [0.5, 0.6) is 0 Å². The smallest absolute Gasteiger partial charge is 0.247 e. The van der Waals surface area contributed by atoms with E-state index in [0.717, 1.165) is 12.8 Å². The Morgan fingerprint density at radius 2 is 1.39 bits per heavy atom. The number of halogens is 5. The van der Waals surface area contributed by atoms with Gasteiger partial charge in [0.1, 0.15) is 18.5 Å². The van der Waals surface area contributed by atoms with Crippen LogP contribution in [0.25, 0.3) is 0 Å². The Bertz CT molecular complexity index is 258. The van der Waals surface area contributed by atoms with Crippen LogP contribution in [-0.4, -0.2) is 24.9 Å². The Balaban J connectivity index is 1.96. The normalized spacial score (nSPS) is 46.3. The molecule has 0 nitrogen and oxygen atoms in total. The fourth-order valence-corrected chi connectivity index (χ4v) is 3.51. The molecule has 2 rings (SSSR count). The summed E-state index contributed by atoms with van der Waals surface area (Å²) < 4.78 is 65.6. The van der Waals surface area contributed by atoms with E-state index in [1.54, 1.807) is 0 Å². The van der Waals surface area contributed by atoms with Crippen molar-refractivity contribution in [3.8, 4) is 0 Å². The van der Waals surface area contributed by atoms with Crippen molar-refractivity contribution in [3.63, 3.8) is 0 Å². The van der Waals surface area contributed by atoms with E-state index in [4.69, 9.17) is 0 Å². The molecule has 0 aromatic carbocycles. The highest BCUT2D eigenvalue weighted by molar-refractivity contribution is 4.91. The third-order valence-corrected chi connectivity index (χ3v) is 4.50. The minimum atomic E-state index is -2.95. The van der Waals surface area contributed by atoms with Gasteiger partial charge in [-0.15, -0.1) is 0 Å². The van der Waals surface area contributed by atoms with Crippen LogP contribution in [0.2, 0.25) is 0 Å². The molecule has 0 saturated heterocycles. The molecule has 0 spiro atoms. The van der Waals surface area contributed by atoms with E-state index in [-0.39, 0.29) is 24.7 Å². The lowest BCUT2D eigenvalue weighted by molar-refractivity contribution is -0.0649. The fourth-order valence-electron chi connectivity index (χ4n) is 3.51. The molecule has 106 valence electrons. The summed E-state index contributed by atoms with van der Waals surface area (Å²) in [6.07, 6.45) is -5.15. The van der Waals surface area contributed by atoms with Crippen molar-refractivity contribution in [2.45, 2.75) is 63.5 Å². The first-order valence-corrected chi connectivity index (χ1v) is 6.69. The molecule has 2 fully saturated rings. The molecule has 4 atom stereocenters. The second-order valence-corrected chi connectivity index (χ2v) is 5.70. The first-order chi connectivity index (χ1) is 8.49. The summed E-state index contributed by atoms with van der Waals surface area (Å²) in [5, 5.41) is 0. The van der Waals surface area contributed by atoms with Crippen molar-refractivity contribution >= 4 is 0 Å². The fraction of sp³-hybridized carbons (Fsp3) is 1.00. The Morgan fingerprint density at radius 3 is 1.89 bits per heavy atom. The van der Waals surface area contributed by atoms with Crippen molar-refractivity contribution < 1.29 is 22.0 Å². The summed E-state index contributed by atoms with van der Waals surface area (Å²) in [6, 6.07) is 0. The molecule has 18 heavy (non-hydrogen) atoms. The zero-order chi connectivity index (χ0) is 13.3. The van der Waals surface area contributed by atoms with E-state index >= 15 is 0 Å². The van der Waals surface area contributed by atoms with Crippen LogP contribution in [0, 0.1) is 17.8 Å². The van der Waals surface area contributed by atoms with E-state index in [1.165, 1.54) is 0 Å². The first-order valence-electron chi connectivity index (χ1n) is 6.69. The summed E-state index contributed by atoms with van der Waals surface area (Å²) in [6.45, 7) is 0. The van der Waals surface area contributed by atoms with E-state index in [0.29, 0.717) is 12.8 Å². The topological polar surface area (TPSA) is 0 Å². The third-order valence-electron chi connectivity index (χ3n) is 4.50. The molecule has 0 aliphatic heterocycles. The van der Waals surface area contributed by atoms with Crippen LogP contribution in [0.1, 0.15) is 38.5 Å². The monoisotopic (exact) mass is 270 g/mol. The van der Waals surface area contributed by atoms with Gasteiger partial charge >= 0.3 is 0 Å². The Labute approximate surface area is 104 Å². The second kappa shape index (κ2) is 5.74. The minimum Gasteiger partial charge on any atom is -0.247 e. The average Bonchev–Trinajstić information content (AvgIpc) is 2.27. The maximum absolute atomic E-state index is 13.6. The second-order valence-electron chi connectivity index (χ2n) is 5.70. The predicted octanol–water partition coefficient (Wildman–Crippen LogP) is 4.48. The molecular formula is C13H19F5. The molecule has 0 radical (unpaired) electrons. The lowest BCUT2D eigenvalue weighted by atomic mass is 9.69. The summed E-state index contributed by atoms with van der Waals surface area (Å²) in [4.78, 5) is 0. The van der Waals surface area contributed by atoms with Gasteiger partial charge in [0.2, 0.25) is 6.43 Å². The molecular weight excluding hydrogens is 251 g/mol. The molecule has 0 aromatic rings. The lowest BCUT2D eigenvalue weighted by Crippen LogP contribution is -2.42.